The zero-order valence-electron chi connectivity index (χ0n) is 15.6. The van der Waals surface area contributed by atoms with Crippen molar-refractivity contribution in [2.24, 2.45) is 5.92 Å². The van der Waals surface area contributed by atoms with E-state index < -0.39 is 0 Å². The highest BCUT2D eigenvalue weighted by atomic mass is 19.1. The molecule has 1 aliphatic carbocycles. The van der Waals surface area contributed by atoms with Crippen LogP contribution in [0.15, 0.2) is 54.6 Å². The van der Waals surface area contributed by atoms with Crippen LogP contribution in [-0.2, 0) is 4.74 Å². The molecule has 5 heteroatoms. The maximum absolute atomic E-state index is 13.4. The fourth-order valence-corrected chi connectivity index (χ4v) is 4.74. The van der Waals surface area contributed by atoms with Gasteiger partial charge in [-0.1, -0.05) is 36.4 Å². The van der Waals surface area contributed by atoms with E-state index in [-0.39, 0.29) is 23.7 Å². The Balaban J connectivity index is 1.55. The van der Waals surface area contributed by atoms with Gasteiger partial charge in [0.15, 0.2) is 0 Å². The number of ether oxygens (including phenoxy) is 1. The van der Waals surface area contributed by atoms with E-state index in [2.05, 4.69) is 23.5 Å². The van der Waals surface area contributed by atoms with E-state index in [1.54, 1.807) is 0 Å². The summed E-state index contributed by atoms with van der Waals surface area (Å²) in [7, 11) is 0. The lowest BCUT2D eigenvalue weighted by Gasteiger charge is -2.39. The number of carbonyl (C=O) groups is 1. The fourth-order valence-electron chi connectivity index (χ4n) is 4.74. The summed E-state index contributed by atoms with van der Waals surface area (Å²) in [5, 5.41) is 3.65. The number of carbonyl (C=O) groups excluding carboxylic acids is 1. The summed E-state index contributed by atoms with van der Waals surface area (Å²) < 4.78 is 18.8. The molecular formula is C23H23FN2O2. The molecule has 144 valence electrons. The number of benzene rings is 2. The second kappa shape index (κ2) is 7.06. The van der Waals surface area contributed by atoms with E-state index in [0.717, 1.165) is 17.7 Å². The van der Waals surface area contributed by atoms with Crippen molar-refractivity contribution in [1.82, 2.24) is 4.90 Å². The minimum Gasteiger partial charge on any atom is -0.378 e. The standard InChI is InChI=1S/C23H23FN2O2/c24-16-9-7-15(8-10-16)21-18-4-1-3-17(18)19-5-2-6-20(22(19)25-21)23(27)26-11-13-28-14-12-26/h1-3,5-10,17-18,21,25H,4,11-14H2. The molecule has 3 unspecified atom stereocenters. The van der Waals surface area contributed by atoms with Gasteiger partial charge in [0.2, 0.25) is 0 Å². The molecule has 2 heterocycles. The molecular weight excluding hydrogens is 355 g/mol. The van der Waals surface area contributed by atoms with Gasteiger partial charge in [-0.05, 0) is 41.7 Å². The highest BCUT2D eigenvalue weighted by Crippen LogP contribution is 2.50. The van der Waals surface area contributed by atoms with Crippen LogP contribution >= 0.6 is 0 Å². The van der Waals surface area contributed by atoms with E-state index in [1.165, 1.54) is 17.7 Å². The Labute approximate surface area is 164 Å². The quantitative estimate of drug-likeness (QED) is 0.799. The summed E-state index contributed by atoms with van der Waals surface area (Å²) in [5.74, 6) is 0.450. The molecule has 5 rings (SSSR count). The molecule has 0 bridgehead atoms. The largest absolute Gasteiger partial charge is 0.378 e. The van der Waals surface area contributed by atoms with Gasteiger partial charge in [0, 0.05) is 19.0 Å². The maximum Gasteiger partial charge on any atom is 0.256 e. The number of nitrogens with one attached hydrogen (secondary N) is 1. The maximum atomic E-state index is 13.4. The third-order valence-electron chi connectivity index (χ3n) is 6.15. The molecule has 0 aromatic heterocycles. The van der Waals surface area contributed by atoms with E-state index in [1.807, 2.05) is 29.2 Å². The van der Waals surface area contributed by atoms with E-state index >= 15 is 0 Å². The number of fused-ring (bicyclic) bond motifs is 3. The Morgan fingerprint density at radius 3 is 2.68 bits per heavy atom. The van der Waals surface area contributed by atoms with Gasteiger partial charge in [0.25, 0.3) is 5.91 Å². The lowest BCUT2D eigenvalue weighted by Crippen LogP contribution is -2.41. The van der Waals surface area contributed by atoms with Crippen molar-refractivity contribution in [2.45, 2.75) is 18.4 Å². The summed E-state index contributed by atoms with van der Waals surface area (Å²) >= 11 is 0. The average Bonchev–Trinajstić information content (AvgIpc) is 3.24. The summed E-state index contributed by atoms with van der Waals surface area (Å²) in [6, 6.07) is 12.8. The first kappa shape index (κ1) is 17.4. The molecule has 0 spiro atoms. The summed E-state index contributed by atoms with van der Waals surface area (Å²) in [5.41, 5.74) is 3.86. The Bertz CT molecular complexity index is 919. The SMILES string of the molecule is O=C(c1cccc2c1NC(c1ccc(F)cc1)C1CC=CC21)N1CCOCC1. The number of nitrogens with zero attached hydrogens (tertiary/aromatic N) is 1. The number of rotatable bonds is 2. The second-order valence-electron chi connectivity index (χ2n) is 7.70. The molecule has 2 aromatic rings. The third kappa shape index (κ3) is 2.90. The van der Waals surface area contributed by atoms with Crippen molar-refractivity contribution in [1.29, 1.82) is 0 Å². The van der Waals surface area contributed by atoms with Crippen molar-refractivity contribution < 1.29 is 13.9 Å². The Morgan fingerprint density at radius 1 is 1.11 bits per heavy atom. The third-order valence-corrected chi connectivity index (χ3v) is 6.15. The van der Waals surface area contributed by atoms with Crippen LogP contribution in [0.1, 0.15) is 39.9 Å². The lowest BCUT2D eigenvalue weighted by molar-refractivity contribution is 0.0303. The van der Waals surface area contributed by atoms with Crippen LogP contribution in [0, 0.1) is 11.7 Å². The topological polar surface area (TPSA) is 41.6 Å². The van der Waals surface area contributed by atoms with Gasteiger partial charge in [-0.15, -0.1) is 0 Å². The van der Waals surface area contributed by atoms with Crippen molar-refractivity contribution in [3.05, 3.63) is 77.1 Å². The van der Waals surface area contributed by atoms with Gasteiger partial charge < -0.3 is 15.0 Å². The van der Waals surface area contributed by atoms with Crippen LogP contribution in [0.25, 0.3) is 0 Å². The first-order valence-corrected chi connectivity index (χ1v) is 9.91. The van der Waals surface area contributed by atoms with Crippen LogP contribution in [0.4, 0.5) is 10.1 Å². The fraction of sp³-hybridized carbons (Fsp3) is 0.348. The average molecular weight is 378 g/mol. The number of anilines is 1. The molecule has 4 nitrogen and oxygen atoms in total. The zero-order valence-corrected chi connectivity index (χ0v) is 15.6. The summed E-state index contributed by atoms with van der Waals surface area (Å²) in [4.78, 5) is 15.1. The Hall–Kier alpha value is -2.66. The van der Waals surface area contributed by atoms with E-state index in [9.17, 15) is 9.18 Å². The summed E-state index contributed by atoms with van der Waals surface area (Å²) in [6.07, 6.45) is 5.45. The minimum absolute atomic E-state index is 0.0472. The van der Waals surface area contributed by atoms with Crippen molar-refractivity contribution in [3.8, 4) is 0 Å². The monoisotopic (exact) mass is 378 g/mol. The highest BCUT2D eigenvalue weighted by Gasteiger charge is 2.39. The van der Waals surface area contributed by atoms with Gasteiger partial charge in [0.1, 0.15) is 5.82 Å². The van der Waals surface area contributed by atoms with Gasteiger partial charge in [-0.3, -0.25) is 4.79 Å². The molecule has 1 N–H and O–H groups in total. The molecule has 1 fully saturated rings. The molecule has 3 aliphatic rings. The predicted molar refractivity (Wildman–Crippen MR) is 106 cm³/mol. The van der Waals surface area contributed by atoms with E-state index in [0.29, 0.717) is 37.8 Å². The number of amides is 1. The number of morpholine rings is 1. The Morgan fingerprint density at radius 2 is 1.89 bits per heavy atom. The predicted octanol–water partition coefficient (Wildman–Crippen LogP) is 4.12. The first-order chi connectivity index (χ1) is 13.7. The molecule has 0 radical (unpaired) electrons. The number of hydrogen-bond donors (Lipinski definition) is 1. The Kier molecular flexibility index (Phi) is 4.40. The molecule has 2 aliphatic heterocycles. The van der Waals surface area contributed by atoms with Gasteiger partial charge in [0.05, 0.1) is 30.5 Å². The van der Waals surface area contributed by atoms with Crippen LogP contribution in [-0.4, -0.2) is 37.1 Å². The number of hydrogen-bond acceptors (Lipinski definition) is 3. The number of halogens is 1. The highest BCUT2D eigenvalue weighted by molar-refractivity contribution is 6.01. The minimum atomic E-state index is -0.232. The van der Waals surface area contributed by atoms with Crippen molar-refractivity contribution >= 4 is 11.6 Å². The first-order valence-electron chi connectivity index (χ1n) is 9.91. The molecule has 3 atom stereocenters. The molecule has 0 saturated carbocycles. The van der Waals surface area contributed by atoms with Gasteiger partial charge in [-0.2, -0.15) is 0 Å². The zero-order chi connectivity index (χ0) is 19.1. The number of para-hydroxylation sites is 1. The van der Waals surface area contributed by atoms with Crippen LogP contribution in [0.5, 0.6) is 0 Å². The van der Waals surface area contributed by atoms with Crippen LogP contribution in [0.2, 0.25) is 0 Å². The normalized spacial score (nSPS) is 25.8. The molecule has 1 saturated heterocycles. The lowest BCUT2D eigenvalue weighted by atomic mass is 9.76. The molecule has 2 aromatic carbocycles. The number of allylic oxidation sites excluding steroid dienone is 2. The van der Waals surface area contributed by atoms with Crippen LogP contribution < -0.4 is 5.32 Å². The smallest absolute Gasteiger partial charge is 0.256 e. The van der Waals surface area contributed by atoms with Gasteiger partial charge >= 0.3 is 0 Å². The molecule has 1 amide bonds. The van der Waals surface area contributed by atoms with Crippen molar-refractivity contribution in [2.75, 3.05) is 31.6 Å². The summed E-state index contributed by atoms with van der Waals surface area (Å²) in [6.45, 7) is 2.41. The van der Waals surface area contributed by atoms with Crippen LogP contribution in [0.3, 0.4) is 0 Å². The molecule has 28 heavy (non-hydrogen) atoms. The van der Waals surface area contributed by atoms with E-state index in [4.69, 9.17) is 4.74 Å². The second-order valence-corrected chi connectivity index (χ2v) is 7.70. The van der Waals surface area contributed by atoms with Gasteiger partial charge in [-0.25, -0.2) is 4.39 Å². The van der Waals surface area contributed by atoms with Crippen molar-refractivity contribution in [3.63, 3.8) is 0 Å².